The van der Waals surface area contributed by atoms with Gasteiger partial charge in [-0.15, -0.1) is 0 Å². The molecular weight excluding hydrogens is 326 g/mol. The standard InChI is InChI=1S/C15H12F2N2O3S/c16-12-3-1-2-11(14(12)17)15(20)19-7-6-9-8-10(23(18,21)22)4-5-13(9)19/h1-5,8H,6-7H2,(H2,18,21,22). The summed E-state index contributed by atoms with van der Waals surface area (Å²) in [4.78, 5) is 13.7. The molecule has 0 atom stereocenters. The highest BCUT2D eigenvalue weighted by Gasteiger charge is 2.29. The van der Waals surface area contributed by atoms with Crippen molar-refractivity contribution in [2.24, 2.45) is 5.14 Å². The van der Waals surface area contributed by atoms with E-state index < -0.39 is 27.6 Å². The van der Waals surface area contributed by atoms with Crippen LogP contribution in [0.25, 0.3) is 0 Å². The minimum atomic E-state index is -3.84. The third-order valence-electron chi connectivity index (χ3n) is 3.70. The lowest BCUT2D eigenvalue weighted by Gasteiger charge is -2.18. The Labute approximate surface area is 131 Å². The molecule has 0 aromatic heterocycles. The molecule has 1 aliphatic heterocycles. The average Bonchev–Trinajstić information content (AvgIpc) is 2.91. The molecule has 1 heterocycles. The summed E-state index contributed by atoms with van der Waals surface area (Å²) in [5, 5.41) is 5.07. The van der Waals surface area contributed by atoms with Gasteiger partial charge in [-0.2, -0.15) is 0 Å². The predicted octanol–water partition coefficient (Wildman–Crippen LogP) is 1.82. The van der Waals surface area contributed by atoms with Crippen LogP contribution in [0, 0.1) is 11.6 Å². The number of carbonyl (C=O) groups is 1. The molecule has 2 N–H and O–H groups in total. The van der Waals surface area contributed by atoms with Crippen LogP contribution in [-0.4, -0.2) is 20.9 Å². The first-order chi connectivity index (χ1) is 10.8. The topological polar surface area (TPSA) is 80.5 Å². The highest BCUT2D eigenvalue weighted by Crippen LogP contribution is 2.31. The van der Waals surface area contributed by atoms with Crippen LogP contribution < -0.4 is 10.0 Å². The summed E-state index contributed by atoms with van der Waals surface area (Å²) in [6.45, 7) is 0.248. The van der Waals surface area contributed by atoms with Gasteiger partial charge in [-0.1, -0.05) is 6.07 Å². The van der Waals surface area contributed by atoms with Gasteiger partial charge in [-0.05, 0) is 42.3 Å². The second-order valence-electron chi connectivity index (χ2n) is 5.14. The van der Waals surface area contributed by atoms with E-state index in [1.54, 1.807) is 0 Å². The maximum absolute atomic E-state index is 13.8. The normalized spacial score (nSPS) is 14.0. The van der Waals surface area contributed by atoms with Crippen molar-refractivity contribution in [1.82, 2.24) is 0 Å². The number of anilines is 1. The number of primary sulfonamides is 1. The van der Waals surface area contributed by atoms with Gasteiger partial charge < -0.3 is 4.90 Å². The Kier molecular flexibility index (Phi) is 3.65. The van der Waals surface area contributed by atoms with E-state index in [0.717, 1.165) is 6.07 Å². The third kappa shape index (κ3) is 2.71. The van der Waals surface area contributed by atoms with Crippen molar-refractivity contribution in [1.29, 1.82) is 0 Å². The van der Waals surface area contributed by atoms with Crippen molar-refractivity contribution in [2.45, 2.75) is 11.3 Å². The van der Waals surface area contributed by atoms with Gasteiger partial charge in [-0.3, -0.25) is 4.79 Å². The maximum Gasteiger partial charge on any atom is 0.261 e. The highest BCUT2D eigenvalue weighted by molar-refractivity contribution is 7.89. The second-order valence-corrected chi connectivity index (χ2v) is 6.71. The summed E-state index contributed by atoms with van der Waals surface area (Å²) in [6.07, 6.45) is 0.404. The van der Waals surface area contributed by atoms with E-state index in [0.29, 0.717) is 17.7 Å². The van der Waals surface area contributed by atoms with Crippen LogP contribution in [0.5, 0.6) is 0 Å². The monoisotopic (exact) mass is 338 g/mol. The van der Waals surface area contributed by atoms with Crippen LogP contribution in [0.2, 0.25) is 0 Å². The van der Waals surface area contributed by atoms with Gasteiger partial charge in [0.2, 0.25) is 10.0 Å². The Morgan fingerprint density at radius 3 is 2.61 bits per heavy atom. The van der Waals surface area contributed by atoms with E-state index in [-0.39, 0.29) is 17.0 Å². The predicted molar refractivity (Wildman–Crippen MR) is 79.6 cm³/mol. The van der Waals surface area contributed by atoms with Crippen molar-refractivity contribution in [3.8, 4) is 0 Å². The summed E-state index contributed by atoms with van der Waals surface area (Å²) in [6, 6.07) is 7.51. The second kappa shape index (κ2) is 5.39. The van der Waals surface area contributed by atoms with Gasteiger partial charge in [-0.25, -0.2) is 22.3 Å². The summed E-state index contributed by atoms with van der Waals surface area (Å²) in [5.74, 6) is -2.98. The lowest BCUT2D eigenvalue weighted by molar-refractivity contribution is 0.0984. The molecule has 0 aliphatic carbocycles. The van der Waals surface area contributed by atoms with Gasteiger partial charge in [0.05, 0.1) is 10.5 Å². The number of amides is 1. The molecule has 0 fully saturated rings. The Hall–Kier alpha value is -2.32. The highest BCUT2D eigenvalue weighted by atomic mass is 32.2. The van der Waals surface area contributed by atoms with E-state index in [1.807, 2.05) is 0 Å². The van der Waals surface area contributed by atoms with Gasteiger partial charge in [0, 0.05) is 12.2 Å². The number of sulfonamides is 1. The maximum atomic E-state index is 13.8. The minimum Gasteiger partial charge on any atom is -0.308 e. The summed E-state index contributed by atoms with van der Waals surface area (Å²) >= 11 is 0. The van der Waals surface area contributed by atoms with E-state index in [4.69, 9.17) is 5.14 Å². The number of hydrogen-bond donors (Lipinski definition) is 1. The number of fused-ring (bicyclic) bond motifs is 1. The van der Waals surface area contributed by atoms with Crippen LogP contribution in [0.4, 0.5) is 14.5 Å². The number of nitrogens with zero attached hydrogens (tertiary/aromatic N) is 1. The quantitative estimate of drug-likeness (QED) is 0.907. The smallest absolute Gasteiger partial charge is 0.261 e. The van der Waals surface area contributed by atoms with Crippen molar-refractivity contribution >= 4 is 21.6 Å². The molecule has 5 nitrogen and oxygen atoms in total. The van der Waals surface area contributed by atoms with Crippen molar-refractivity contribution in [3.63, 3.8) is 0 Å². The molecule has 23 heavy (non-hydrogen) atoms. The number of carbonyl (C=O) groups excluding carboxylic acids is 1. The lowest BCUT2D eigenvalue weighted by Crippen LogP contribution is -2.29. The molecule has 2 aromatic carbocycles. The molecule has 0 radical (unpaired) electrons. The number of halogens is 2. The molecule has 1 aliphatic rings. The molecule has 120 valence electrons. The number of rotatable bonds is 2. The Bertz CT molecular complexity index is 913. The summed E-state index contributed by atoms with van der Waals surface area (Å²) < 4.78 is 49.8. The van der Waals surface area contributed by atoms with Gasteiger partial charge in [0.25, 0.3) is 5.91 Å². The van der Waals surface area contributed by atoms with E-state index in [2.05, 4.69) is 0 Å². The zero-order chi connectivity index (χ0) is 16.8. The average molecular weight is 338 g/mol. The van der Waals surface area contributed by atoms with Crippen LogP contribution in [0.3, 0.4) is 0 Å². The molecule has 0 bridgehead atoms. The first-order valence-electron chi connectivity index (χ1n) is 6.70. The fraction of sp³-hybridized carbons (Fsp3) is 0.133. The molecule has 8 heteroatoms. The fourth-order valence-corrected chi connectivity index (χ4v) is 3.14. The van der Waals surface area contributed by atoms with E-state index >= 15 is 0 Å². The van der Waals surface area contributed by atoms with Crippen LogP contribution in [0.15, 0.2) is 41.3 Å². The summed E-state index contributed by atoms with van der Waals surface area (Å²) in [5.41, 5.74) is 0.709. The van der Waals surface area contributed by atoms with Crippen molar-refractivity contribution in [3.05, 3.63) is 59.2 Å². The number of benzene rings is 2. The molecule has 0 spiro atoms. The number of nitrogens with two attached hydrogens (primary N) is 1. The van der Waals surface area contributed by atoms with Gasteiger partial charge in [0.15, 0.2) is 11.6 Å². The molecule has 1 amide bonds. The molecule has 0 unspecified atom stereocenters. The zero-order valence-electron chi connectivity index (χ0n) is 11.8. The molecule has 0 saturated heterocycles. The largest absolute Gasteiger partial charge is 0.308 e. The Balaban J connectivity index is 2.00. The SMILES string of the molecule is NS(=O)(=O)c1ccc2c(c1)CCN2C(=O)c1cccc(F)c1F. The van der Waals surface area contributed by atoms with E-state index in [1.165, 1.54) is 35.2 Å². The van der Waals surface area contributed by atoms with Crippen molar-refractivity contribution < 1.29 is 22.0 Å². The summed E-state index contributed by atoms with van der Waals surface area (Å²) in [7, 11) is -3.84. The molecule has 0 saturated carbocycles. The van der Waals surface area contributed by atoms with Gasteiger partial charge in [0.1, 0.15) is 0 Å². The molecule has 3 rings (SSSR count). The first kappa shape index (κ1) is 15.6. The van der Waals surface area contributed by atoms with Crippen LogP contribution >= 0.6 is 0 Å². The molecular formula is C15H12F2N2O3S. The van der Waals surface area contributed by atoms with Crippen LogP contribution in [-0.2, 0) is 16.4 Å². The molecule has 2 aromatic rings. The minimum absolute atomic E-state index is 0.0533. The number of hydrogen-bond acceptors (Lipinski definition) is 3. The first-order valence-corrected chi connectivity index (χ1v) is 8.25. The van der Waals surface area contributed by atoms with Crippen LogP contribution in [0.1, 0.15) is 15.9 Å². The lowest BCUT2D eigenvalue weighted by atomic mass is 10.1. The third-order valence-corrected chi connectivity index (χ3v) is 4.61. The van der Waals surface area contributed by atoms with E-state index in [9.17, 15) is 22.0 Å². The Morgan fingerprint density at radius 1 is 1.17 bits per heavy atom. The fourth-order valence-electron chi connectivity index (χ4n) is 2.58. The zero-order valence-corrected chi connectivity index (χ0v) is 12.6. The Morgan fingerprint density at radius 2 is 1.91 bits per heavy atom. The van der Waals surface area contributed by atoms with Crippen molar-refractivity contribution in [2.75, 3.05) is 11.4 Å². The van der Waals surface area contributed by atoms with Gasteiger partial charge >= 0.3 is 0 Å².